The molecular weight excluding hydrogens is 314 g/mol. The SMILES string of the molecule is CSc1ncccc1C(=O)OCc1nnnn1-c1ccccc1. The Kier molecular flexibility index (Phi) is 4.62. The Labute approximate surface area is 136 Å². The first-order chi connectivity index (χ1) is 11.3. The summed E-state index contributed by atoms with van der Waals surface area (Å²) in [6.07, 6.45) is 3.49. The smallest absolute Gasteiger partial charge is 0.341 e. The van der Waals surface area contributed by atoms with Crippen molar-refractivity contribution in [2.24, 2.45) is 0 Å². The van der Waals surface area contributed by atoms with Gasteiger partial charge in [-0.1, -0.05) is 18.2 Å². The zero-order chi connectivity index (χ0) is 16.1. The molecule has 0 unspecified atom stereocenters. The van der Waals surface area contributed by atoms with Gasteiger partial charge in [-0.05, 0) is 40.9 Å². The topological polar surface area (TPSA) is 82.8 Å². The number of pyridine rings is 1. The lowest BCUT2D eigenvalue weighted by molar-refractivity contribution is 0.0454. The highest BCUT2D eigenvalue weighted by molar-refractivity contribution is 7.98. The summed E-state index contributed by atoms with van der Waals surface area (Å²) in [6.45, 7) is -0.0244. The lowest BCUT2D eigenvalue weighted by atomic mass is 10.3. The zero-order valence-corrected chi connectivity index (χ0v) is 13.1. The van der Waals surface area contributed by atoms with E-state index in [4.69, 9.17) is 4.74 Å². The second-order valence-corrected chi connectivity index (χ2v) is 5.27. The Morgan fingerprint density at radius 2 is 2.04 bits per heavy atom. The van der Waals surface area contributed by atoms with Gasteiger partial charge in [0.2, 0.25) is 0 Å². The van der Waals surface area contributed by atoms with Crippen molar-refractivity contribution in [1.29, 1.82) is 0 Å². The molecule has 23 heavy (non-hydrogen) atoms. The largest absolute Gasteiger partial charge is 0.454 e. The summed E-state index contributed by atoms with van der Waals surface area (Å²) >= 11 is 1.39. The van der Waals surface area contributed by atoms with Crippen LogP contribution in [0.5, 0.6) is 0 Å². The maximum Gasteiger partial charge on any atom is 0.341 e. The fraction of sp³-hybridized carbons (Fsp3) is 0.133. The van der Waals surface area contributed by atoms with Crippen molar-refractivity contribution in [3.8, 4) is 5.69 Å². The lowest BCUT2D eigenvalue weighted by Gasteiger charge is -2.07. The molecule has 0 fully saturated rings. The summed E-state index contributed by atoms with van der Waals surface area (Å²) in [6, 6.07) is 12.8. The average molecular weight is 327 g/mol. The van der Waals surface area contributed by atoms with Gasteiger partial charge in [0.25, 0.3) is 0 Å². The molecule has 8 heteroatoms. The van der Waals surface area contributed by atoms with Crippen LogP contribution >= 0.6 is 11.8 Å². The third-order valence-electron chi connectivity index (χ3n) is 3.05. The number of rotatable bonds is 5. The van der Waals surface area contributed by atoms with Gasteiger partial charge >= 0.3 is 5.97 Å². The third kappa shape index (κ3) is 3.37. The van der Waals surface area contributed by atoms with Gasteiger partial charge in [0.1, 0.15) is 5.03 Å². The highest BCUT2D eigenvalue weighted by atomic mass is 32.2. The molecule has 0 aliphatic carbocycles. The fourth-order valence-corrected chi connectivity index (χ4v) is 2.52. The Morgan fingerprint density at radius 3 is 2.83 bits per heavy atom. The molecule has 7 nitrogen and oxygen atoms in total. The van der Waals surface area contributed by atoms with Crippen LogP contribution in [0.2, 0.25) is 0 Å². The third-order valence-corrected chi connectivity index (χ3v) is 3.76. The molecule has 1 aromatic carbocycles. The van der Waals surface area contributed by atoms with Crippen molar-refractivity contribution < 1.29 is 9.53 Å². The zero-order valence-electron chi connectivity index (χ0n) is 12.3. The molecule has 0 saturated carbocycles. The van der Waals surface area contributed by atoms with E-state index in [1.165, 1.54) is 16.4 Å². The first-order valence-corrected chi connectivity index (χ1v) is 8.01. The maximum atomic E-state index is 12.2. The minimum atomic E-state index is -0.454. The highest BCUT2D eigenvalue weighted by Gasteiger charge is 2.15. The van der Waals surface area contributed by atoms with Crippen LogP contribution in [0.1, 0.15) is 16.2 Å². The molecule has 3 aromatic rings. The molecule has 0 aliphatic rings. The first kappa shape index (κ1) is 15.2. The molecule has 0 N–H and O–H groups in total. The van der Waals surface area contributed by atoms with E-state index in [9.17, 15) is 4.79 Å². The summed E-state index contributed by atoms with van der Waals surface area (Å²) in [5, 5.41) is 12.1. The fourth-order valence-electron chi connectivity index (χ4n) is 1.98. The summed E-state index contributed by atoms with van der Waals surface area (Å²) in [7, 11) is 0. The Morgan fingerprint density at radius 1 is 1.22 bits per heavy atom. The number of benzene rings is 1. The van der Waals surface area contributed by atoms with E-state index >= 15 is 0 Å². The maximum absolute atomic E-state index is 12.2. The van der Waals surface area contributed by atoms with Gasteiger partial charge in [0.15, 0.2) is 12.4 Å². The van der Waals surface area contributed by atoms with Crippen molar-refractivity contribution in [3.05, 3.63) is 60.0 Å². The van der Waals surface area contributed by atoms with Crippen molar-refractivity contribution in [3.63, 3.8) is 0 Å². The predicted molar refractivity (Wildman–Crippen MR) is 84.3 cm³/mol. The average Bonchev–Trinajstić information content (AvgIpc) is 3.09. The Hall–Kier alpha value is -2.74. The van der Waals surface area contributed by atoms with Crippen LogP contribution < -0.4 is 0 Å². The normalized spacial score (nSPS) is 10.5. The van der Waals surface area contributed by atoms with E-state index in [2.05, 4.69) is 20.5 Å². The Balaban J connectivity index is 1.75. The van der Waals surface area contributed by atoms with Gasteiger partial charge in [-0.2, -0.15) is 4.68 Å². The number of ether oxygens (including phenoxy) is 1. The Bertz CT molecular complexity index is 806. The number of esters is 1. The first-order valence-electron chi connectivity index (χ1n) is 6.78. The van der Waals surface area contributed by atoms with E-state index in [1.807, 2.05) is 36.6 Å². The summed E-state index contributed by atoms with van der Waals surface area (Å²) < 4.78 is 6.86. The number of para-hydroxylation sites is 1. The molecular formula is C15H13N5O2S. The molecule has 0 saturated heterocycles. The number of thioether (sulfide) groups is 1. The minimum Gasteiger partial charge on any atom is -0.454 e. The lowest BCUT2D eigenvalue weighted by Crippen LogP contribution is -2.11. The number of tetrazole rings is 1. The van der Waals surface area contributed by atoms with Crippen LogP contribution in [-0.2, 0) is 11.3 Å². The van der Waals surface area contributed by atoms with E-state index in [1.54, 1.807) is 18.3 Å². The number of carbonyl (C=O) groups is 1. The van der Waals surface area contributed by atoms with Crippen LogP contribution in [0, 0.1) is 0 Å². The molecule has 0 bridgehead atoms. The van der Waals surface area contributed by atoms with E-state index in [0.717, 1.165) is 5.69 Å². The van der Waals surface area contributed by atoms with Gasteiger partial charge in [-0.15, -0.1) is 16.9 Å². The number of hydrogen-bond acceptors (Lipinski definition) is 7. The van der Waals surface area contributed by atoms with Crippen molar-refractivity contribution in [2.75, 3.05) is 6.26 Å². The van der Waals surface area contributed by atoms with E-state index in [0.29, 0.717) is 16.4 Å². The quantitative estimate of drug-likeness (QED) is 0.524. The molecule has 3 rings (SSSR count). The minimum absolute atomic E-state index is 0.0244. The van der Waals surface area contributed by atoms with Gasteiger partial charge in [-0.3, -0.25) is 0 Å². The number of aromatic nitrogens is 5. The number of carbonyl (C=O) groups excluding carboxylic acids is 1. The van der Waals surface area contributed by atoms with Crippen LogP contribution in [0.3, 0.4) is 0 Å². The van der Waals surface area contributed by atoms with Gasteiger partial charge in [0.05, 0.1) is 11.3 Å². The molecule has 0 spiro atoms. The van der Waals surface area contributed by atoms with E-state index in [-0.39, 0.29) is 6.61 Å². The van der Waals surface area contributed by atoms with Crippen molar-refractivity contribution in [2.45, 2.75) is 11.6 Å². The molecule has 2 heterocycles. The molecule has 0 atom stereocenters. The molecule has 0 amide bonds. The van der Waals surface area contributed by atoms with Crippen molar-refractivity contribution >= 4 is 17.7 Å². The summed E-state index contributed by atoms with van der Waals surface area (Å²) in [5.74, 6) is -0.01000. The second kappa shape index (κ2) is 7.01. The standard InChI is InChI=1S/C15H13N5O2S/c1-23-14-12(8-5-9-16-14)15(21)22-10-13-17-18-19-20(13)11-6-3-2-4-7-11/h2-9H,10H2,1H3. The van der Waals surface area contributed by atoms with Crippen LogP contribution in [-0.4, -0.2) is 37.4 Å². The van der Waals surface area contributed by atoms with Gasteiger partial charge < -0.3 is 4.74 Å². The molecule has 0 aliphatic heterocycles. The van der Waals surface area contributed by atoms with Crippen molar-refractivity contribution in [1.82, 2.24) is 25.2 Å². The summed E-state index contributed by atoms with van der Waals surface area (Å²) in [4.78, 5) is 16.4. The molecule has 0 radical (unpaired) electrons. The molecule has 2 aromatic heterocycles. The van der Waals surface area contributed by atoms with Gasteiger partial charge in [-0.25, -0.2) is 9.78 Å². The van der Waals surface area contributed by atoms with Crippen LogP contribution in [0.15, 0.2) is 53.7 Å². The van der Waals surface area contributed by atoms with Crippen LogP contribution in [0.4, 0.5) is 0 Å². The van der Waals surface area contributed by atoms with Gasteiger partial charge in [0, 0.05) is 6.20 Å². The monoisotopic (exact) mass is 327 g/mol. The summed E-state index contributed by atoms with van der Waals surface area (Å²) in [5.41, 5.74) is 1.23. The molecule has 116 valence electrons. The predicted octanol–water partition coefficient (Wildman–Crippen LogP) is 2.14. The number of hydrogen-bond donors (Lipinski definition) is 0. The second-order valence-electron chi connectivity index (χ2n) is 4.48. The van der Waals surface area contributed by atoms with Crippen LogP contribution in [0.25, 0.3) is 5.69 Å². The number of nitrogens with zero attached hydrogens (tertiary/aromatic N) is 5. The highest BCUT2D eigenvalue weighted by Crippen LogP contribution is 2.18. The van der Waals surface area contributed by atoms with E-state index < -0.39 is 5.97 Å².